The molecule has 0 aromatic carbocycles. The Morgan fingerprint density at radius 3 is 2.58 bits per heavy atom. The van der Waals surface area contributed by atoms with Crippen LogP contribution in [0.2, 0.25) is 0 Å². The first-order valence-corrected chi connectivity index (χ1v) is 4.27. The summed E-state index contributed by atoms with van der Waals surface area (Å²) in [4.78, 5) is 10.3. The van der Waals surface area contributed by atoms with Gasteiger partial charge in [0.1, 0.15) is 6.04 Å². The molecule has 4 heteroatoms. The molecule has 0 aromatic heterocycles. The van der Waals surface area contributed by atoms with Gasteiger partial charge in [0.2, 0.25) is 0 Å². The van der Waals surface area contributed by atoms with E-state index in [2.05, 4.69) is 5.32 Å². The van der Waals surface area contributed by atoms with E-state index in [1.165, 1.54) is 0 Å². The zero-order chi connectivity index (χ0) is 9.19. The molecule has 12 heavy (non-hydrogen) atoms. The fourth-order valence-electron chi connectivity index (χ4n) is 1.28. The average Bonchev–Trinajstić information content (AvgIpc) is 2.04. The van der Waals surface area contributed by atoms with Gasteiger partial charge in [-0.2, -0.15) is 8.78 Å². The summed E-state index contributed by atoms with van der Waals surface area (Å²) < 4.78 is 25.2. The molecule has 1 heterocycles. The highest BCUT2D eigenvalue weighted by Crippen LogP contribution is 2.30. The fourth-order valence-corrected chi connectivity index (χ4v) is 1.28. The second-order valence-electron chi connectivity index (χ2n) is 3.14. The first-order valence-electron chi connectivity index (χ1n) is 4.27. The maximum absolute atomic E-state index is 12.6. The predicted octanol–water partition coefficient (Wildman–Crippen LogP) is 1.70. The average molecular weight is 177 g/mol. The maximum atomic E-state index is 12.6. The van der Waals surface area contributed by atoms with Gasteiger partial charge in [-0.3, -0.25) is 4.79 Å². The summed E-state index contributed by atoms with van der Waals surface area (Å²) in [7, 11) is 0. The molecule has 1 aliphatic heterocycles. The molecular weight excluding hydrogens is 164 g/mol. The van der Waals surface area contributed by atoms with Gasteiger partial charge in [0.05, 0.1) is 0 Å². The number of amides is 1. The number of carbonyl (C=O) groups is 1. The number of β-lactam (4-membered cyclic amide) rings is 1. The van der Waals surface area contributed by atoms with Gasteiger partial charge in [-0.1, -0.05) is 26.2 Å². The third-order valence-electron chi connectivity index (χ3n) is 2.14. The van der Waals surface area contributed by atoms with Crippen LogP contribution in [0.5, 0.6) is 0 Å². The molecule has 1 saturated heterocycles. The molecule has 1 aliphatic rings. The van der Waals surface area contributed by atoms with Gasteiger partial charge in [0.15, 0.2) is 0 Å². The van der Waals surface area contributed by atoms with Crippen molar-refractivity contribution >= 4 is 5.91 Å². The molecule has 1 rings (SSSR count). The van der Waals surface area contributed by atoms with Crippen molar-refractivity contribution in [2.24, 2.45) is 0 Å². The monoisotopic (exact) mass is 177 g/mol. The molecule has 0 saturated carbocycles. The van der Waals surface area contributed by atoms with E-state index in [9.17, 15) is 13.6 Å². The maximum Gasteiger partial charge on any atom is 0.344 e. The molecule has 0 spiro atoms. The zero-order valence-corrected chi connectivity index (χ0v) is 7.07. The van der Waals surface area contributed by atoms with Crippen LogP contribution in [-0.4, -0.2) is 17.9 Å². The standard InChI is InChI=1S/C8H13F2NO/c1-2-3-4-5-6-8(9,10)7(12)11-6/h6H,2-5H2,1H3,(H,11,12)/t6-/m0/s1. The second-order valence-corrected chi connectivity index (χ2v) is 3.14. The van der Waals surface area contributed by atoms with Crippen molar-refractivity contribution in [2.75, 3.05) is 0 Å². The van der Waals surface area contributed by atoms with E-state index < -0.39 is 17.9 Å². The van der Waals surface area contributed by atoms with E-state index in [4.69, 9.17) is 0 Å². The molecule has 0 aromatic rings. The smallest absolute Gasteiger partial charge is 0.341 e. The Morgan fingerprint density at radius 2 is 2.17 bits per heavy atom. The van der Waals surface area contributed by atoms with Gasteiger partial charge in [-0.05, 0) is 6.42 Å². The first-order chi connectivity index (χ1) is 5.59. The number of alkyl halides is 2. The Morgan fingerprint density at radius 1 is 1.50 bits per heavy atom. The van der Waals surface area contributed by atoms with Crippen molar-refractivity contribution in [3.8, 4) is 0 Å². The van der Waals surface area contributed by atoms with Crippen molar-refractivity contribution < 1.29 is 13.6 Å². The molecule has 1 atom stereocenters. The van der Waals surface area contributed by atoms with Gasteiger partial charge in [-0.25, -0.2) is 0 Å². The minimum Gasteiger partial charge on any atom is -0.341 e. The lowest BCUT2D eigenvalue weighted by Crippen LogP contribution is -2.67. The zero-order valence-electron chi connectivity index (χ0n) is 7.07. The number of hydrogen-bond acceptors (Lipinski definition) is 1. The number of carbonyl (C=O) groups excluding carboxylic acids is 1. The van der Waals surface area contributed by atoms with E-state index in [-0.39, 0.29) is 0 Å². The van der Waals surface area contributed by atoms with Crippen LogP contribution in [0.4, 0.5) is 8.78 Å². The van der Waals surface area contributed by atoms with E-state index in [1.54, 1.807) is 0 Å². The summed E-state index contributed by atoms with van der Waals surface area (Å²) in [5.74, 6) is -4.22. The summed E-state index contributed by atoms with van der Waals surface area (Å²) in [5, 5.41) is 2.20. The lowest BCUT2D eigenvalue weighted by Gasteiger charge is -2.36. The van der Waals surface area contributed by atoms with Crippen molar-refractivity contribution in [1.29, 1.82) is 0 Å². The Kier molecular flexibility index (Phi) is 2.65. The lowest BCUT2D eigenvalue weighted by atomic mass is 9.95. The van der Waals surface area contributed by atoms with E-state index in [0.717, 1.165) is 19.3 Å². The van der Waals surface area contributed by atoms with Crippen molar-refractivity contribution in [2.45, 2.75) is 44.6 Å². The molecular formula is C8H13F2NO. The predicted molar refractivity (Wildman–Crippen MR) is 41.0 cm³/mol. The van der Waals surface area contributed by atoms with Crippen LogP contribution in [0.3, 0.4) is 0 Å². The van der Waals surface area contributed by atoms with Crippen LogP contribution in [0, 0.1) is 0 Å². The van der Waals surface area contributed by atoms with Crippen LogP contribution in [0.1, 0.15) is 32.6 Å². The van der Waals surface area contributed by atoms with Gasteiger partial charge in [0.25, 0.3) is 5.91 Å². The van der Waals surface area contributed by atoms with Crippen LogP contribution in [0.25, 0.3) is 0 Å². The molecule has 0 bridgehead atoms. The lowest BCUT2D eigenvalue weighted by molar-refractivity contribution is -0.171. The highest BCUT2D eigenvalue weighted by atomic mass is 19.3. The Balaban J connectivity index is 2.23. The minimum absolute atomic E-state index is 0.395. The van der Waals surface area contributed by atoms with Crippen molar-refractivity contribution in [3.05, 3.63) is 0 Å². The van der Waals surface area contributed by atoms with Crippen molar-refractivity contribution in [3.63, 3.8) is 0 Å². The second kappa shape index (κ2) is 3.37. The minimum atomic E-state index is -3.10. The molecule has 0 unspecified atom stereocenters. The molecule has 70 valence electrons. The molecule has 2 nitrogen and oxygen atoms in total. The summed E-state index contributed by atoms with van der Waals surface area (Å²) in [6.07, 6.45) is 3.11. The van der Waals surface area contributed by atoms with Crippen LogP contribution in [-0.2, 0) is 4.79 Å². The summed E-state index contributed by atoms with van der Waals surface area (Å²) in [5.41, 5.74) is 0. The molecule has 1 N–H and O–H groups in total. The van der Waals surface area contributed by atoms with Crippen molar-refractivity contribution in [1.82, 2.24) is 5.32 Å². The third kappa shape index (κ3) is 1.57. The number of nitrogens with one attached hydrogen (secondary N) is 1. The number of hydrogen-bond donors (Lipinski definition) is 1. The molecule has 0 radical (unpaired) electrons. The summed E-state index contributed by atoms with van der Waals surface area (Å²) in [6.45, 7) is 2.01. The Bertz CT molecular complexity index is 182. The van der Waals surface area contributed by atoms with Gasteiger partial charge in [-0.15, -0.1) is 0 Å². The third-order valence-corrected chi connectivity index (χ3v) is 2.14. The van der Waals surface area contributed by atoms with Crippen LogP contribution < -0.4 is 5.32 Å². The summed E-state index contributed by atoms with van der Waals surface area (Å²) in [6, 6.07) is -0.906. The molecule has 1 amide bonds. The number of halogens is 2. The fraction of sp³-hybridized carbons (Fsp3) is 0.875. The largest absolute Gasteiger partial charge is 0.344 e. The highest BCUT2D eigenvalue weighted by Gasteiger charge is 2.56. The molecule has 1 fully saturated rings. The van der Waals surface area contributed by atoms with Crippen LogP contribution >= 0.6 is 0 Å². The molecule has 0 aliphatic carbocycles. The van der Waals surface area contributed by atoms with Crippen LogP contribution in [0.15, 0.2) is 0 Å². The van der Waals surface area contributed by atoms with E-state index in [0.29, 0.717) is 6.42 Å². The number of rotatable bonds is 4. The number of unbranched alkanes of at least 4 members (excludes halogenated alkanes) is 2. The Hall–Kier alpha value is -0.670. The highest BCUT2D eigenvalue weighted by molar-refractivity contribution is 5.90. The SMILES string of the molecule is CCCCC[C@@H]1NC(=O)C1(F)F. The first kappa shape index (κ1) is 9.42. The van der Waals surface area contributed by atoms with Gasteiger partial charge < -0.3 is 5.32 Å². The quantitative estimate of drug-likeness (QED) is 0.514. The Labute approximate surface area is 70.3 Å². The van der Waals surface area contributed by atoms with Gasteiger partial charge >= 0.3 is 5.92 Å². The van der Waals surface area contributed by atoms with Gasteiger partial charge in [0, 0.05) is 0 Å². The normalized spacial score (nSPS) is 26.2. The van der Waals surface area contributed by atoms with E-state index >= 15 is 0 Å². The van der Waals surface area contributed by atoms with E-state index in [1.807, 2.05) is 6.92 Å². The topological polar surface area (TPSA) is 29.1 Å². The summed E-state index contributed by atoms with van der Waals surface area (Å²) >= 11 is 0.